The summed E-state index contributed by atoms with van der Waals surface area (Å²) < 4.78 is 7.24. The average molecular weight is 541 g/mol. The molecule has 9 nitrogen and oxygen atoms in total. The molecule has 0 saturated carbocycles. The first kappa shape index (κ1) is 27.4. The molecule has 1 aliphatic heterocycles. The molecule has 1 aliphatic rings. The normalized spacial score (nSPS) is 14.2. The van der Waals surface area contributed by atoms with Crippen LogP contribution in [0.5, 0.6) is 0 Å². The summed E-state index contributed by atoms with van der Waals surface area (Å²) in [5, 5.41) is 16.2. The minimum Gasteiger partial charge on any atom is -0.379 e. The number of hydrazine groups is 1. The van der Waals surface area contributed by atoms with Gasteiger partial charge >= 0.3 is 6.03 Å². The Morgan fingerprint density at radius 3 is 2.25 bits per heavy atom. The smallest absolute Gasteiger partial charge is 0.324 e. The largest absolute Gasteiger partial charge is 0.379 e. The number of carbonyl (C=O) groups is 2. The summed E-state index contributed by atoms with van der Waals surface area (Å²) in [4.78, 5) is 26.1. The van der Waals surface area contributed by atoms with Gasteiger partial charge in [-0.1, -0.05) is 62.7 Å². The predicted octanol–water partition coefficient (Wildman–Crippen LogP) is 5.88. The van der Waals surface area contributed by atoms with Crippen molar-refractivity contribution < 1.29 is 14.3 Å². The lowest BCUT2D eigenvalue weighted by Crippen LogP contribution is -2.51. The molecule has 2 heterocycles. The summed E-state index contributed by atoms with van der Waals surface area (Å²) in [6, 6.07) is 21.0. The number of carbonyl (C=O) groups excluding carboxylic acids is 2. The van der Waals surface area contributed by atoms with Crippen LogP contribution in [0.15, 0.2) is 66.7 Å². The number of morpholine rings is 1. The second kappa shape index (κ2) is 11.1. The number of rotatable bonds is 5. The second-order valence-corrected chi connectivity index (χ2v) is 11.1. The van der Waals surface area contributed by atoms with Crippen molar-refractivity contribution in [1.29, 1.82) is 0 Å². The Labute approximate surface area is 234 Å². The quantitative estimate of drug-likeness (QED) is 0.330. The number of fused-ring (bicyclic) bond motifs is 1. The zero-order valence-corrected chi connectivity index (χ0v) is 23.7. The summed E-state index contributed by atoms with van der Waals surface area (Å²) >= 11 is 0. The van der Waals surface area contributed by atoms with E-state index in [0.717, 1.165) is 33.4 Å². The number of hydrogen-bond acceptors (Lipinski definition) is 5. The van der Waals surface area contributed by atoms with E-state index in [1.165, 1.54) is 0 Å². The van der Waals surface area contributed by atoms with Crippen molar-refractivity contribution in [2.75, 3.05) is 41.9 Å². The van der Waals surface area contributed by atoms with E-state index in [1.54, 1.807) is 16.6 Å². The molecule has 4 aromatic rings. The Hall–Kier alpha value is -4.21. The van der Waals surface area contributed by atoms with Gasteiger partial charge in [-0.2, -0.15) is 5.10 Å². The highest BCUT2D eigenvalue weighted by atomic mass is 16.5. The van der Waals surface area contributed by atoms with Crippen molar-refractivity contribution in [2.24, 2.45) is 0 Å². The molecule has 2 N–H and O–H groups in total. The molecule has 5 rings (SSSR count). The standard InChI is InChI=1S/C31H36N6O3/c1-21-10-12-23(13-11-21)36-29(20-28(34-36)31(3,4)5)33-30(39)32-26-14-15-27(25-9-7-6-8-24(25)26)37(22(2)38)35-16-18-40-19-17-35/h6-15,20H,16-19H2,1-5H3,(H2,32,33,39). The molecule has 9 heteroatoms. The number of aromatic nitrogens is 2. The fourth-order valence-electron chi connectivity index (χ4n) is 4.84. The Kier molecular flexibility index (Phi) is 7.60. The molecule has 0 spiro atoms. The topological polar surface area (TPSA) is 91.7 Å². The van der Waals surface area contributed by atoms with Crippen LogP contribution in [-0.4, -0.2) is 53.0 Å². The van der Waals surface area contributed by atoms with Gasteiger partial charge in [-0.25, -0.2) is 19.5 Å². The molecule has 3 aromatic carbocycles. The predicted molar refractivity (Wildman–Crippen MR) is 159 cm³/mol. The average Bonchev–Trinajstić information content (AvgIpc) is 3.35. The molecule has 1 fully saturated rings. The van der Waals surface area contributed by atoms with Crippen LogP contribution < -0.4 is 15.6 Å². The Balaban J connectivity index is 1.45. The van der Waals surface area contributed by atoms with Gasteiger partial charge < -0.3 is 10.1 Å². The van der Waals surface area contributed by atoms with Crippen molar-refractivity contribution in [3.05, 3.63) is 78.0 Å². The highest BCUT2D eigenvalue weighted by Gasteiger charge is 2.25. The molecular formula is C31H36N6O3. The lowest BCUT2D eigenvalue weighted by molar-refractivity contribution is -0.120. The summed E-state index contributed by atoms with van der Waals surface area (Å²) in [6.07, 6.45) is 0. The number of nitrogens with one attached hydrogen (secondary N) is 2. The molecule has 1 aromatic heterocycles. The van der Waals surface area contributed by atoms with E-state index in [2.05, 4.69) is 31.4 Å². The molecule has 0 unspecified atom stereocenters. The minimum absolute atomic E-state index is 0.0791. The fourth-order valence-corrected chi connectivity index (χ4v) is 4.84. The van der Waals surface area contributed by atoms with Crippen LogP contribution >= 0.6 is 0 Å². The van der Waals surface area contributed by atoms with Crippen LogP contribution in [0.25, 0.3) is 16.5 Å². The van der Waals surface area contributed by atoms with Crippen LogP contribution in [0.4, 0.5) is 22.0 Å². The third-order valence-electron chi connectivity index (χ3n) is 6.94. The van der Waals surface area contributed by atoms with Crippen LogP contribution in [0.3, 0.4) is 0 Å². The van der Waals surface area contributed by atoms with Gasteiger partial charge in [0.2, 0.25) is 5.91 Å². The van der Waals surface area contributed by atoms with Gasteiger partial charge in [-0.3, -0.25) is 10.1 Å². The molecule has 208 valence electrons. The molecule has 0 bridgehead atoms. The van der Waals surface area contributed by atoms with Gasteiger partial charge in [0, 0.05) is 42.3 Å². The van der Waals surface area contributed by atoms with Crippen LogP contribution in [-0.2, 0) is 14.9 Å². The van der Waals surface area contributed by atoms with Gasteiger partial charge in [-0.05, 0) is 31.2 Å². The van der Waals surface area contributed by atoms with E-state index < -0.39 is 0 Å². The van der Waals surface area contributed by atoms with Crippen molar-refractivity contribution in [3.63, 3.8) is 0 Å². The van der Waals surface area contributed by atoms with Gasteiger partial charge in [0.05, 0.1) is 36.0 Å². The molecule has 0 atom stereocenters. The monoisotopic (exact) mass is 540 g/mol. The first-order valence-corrected chi connectivity index (χ1v) is 13.5. The van der Waals surface area contributed by atoms with Crippen molar-refractivity contribution >= 4 is 39.9 Å². The summed E-state index contributed by atoms with van der Waals surface area (Å²) in [5.74, 6) is 0.492. The molecular weight excluding hydrogens is 504 g/mol. The number of aryl methyl sites for hydroxylation is 1. The lowest BCUT2D eigenvalue weighted by Gasteiger charge is -2.37. The third-order valence-corrected chi connectivity index (χ3v) is 6.94. The van der Waals surface area contributed by atoms with Crippen molar-refractivity contribution in [1.82, 2.24) is 14.8 Å². The molecule has 40 heavy (non-hydrogen) atoms. The van der Waals surface area contributed by atoms with Gasteiger partial charge in [0.25, 0.3) is 0 Å². The Morgan fingerprint density at radius 2 is 1.60 bits per heavy atom. The van der Waals surface area contributed by atoms with Crippen LogP contribution in [0, 0.1) is 6.92 Å². The number of urea groups is 1. The third kappa shape index (κ3) is 5.71. The number of nitrogens with zero attached hydrogens (tertiary/aromatic N) is 4. The zero-order chi connectivity index (χ0) is 28.4. The number of amides is 3. The molecule has 1 saturated heterocycles. The minimum atomic E-state index is -0.386. The van der Waals surface area contributed by atoms with Crippen molar-refractivity contribution in [2.45, 2.75) is 40.0 Å². The number of anilines is 3. The van der Waals surface area contributed by atoms with Crippen LogP contribution in [0.1, 0.15) is 39.0 Å². The van der Waals surface area contributed by atoms with Gasteiger partial charge in [-0.15, -0.1) is 0 Å². The summed E-state index contributed by atoms with van der Waals surface area (Å²) in [5.41, 5.74) is 4.08. The first-order valence-electron chi connectivity index (χ1n) is 13.5. The number of hydrogen-bond donors (Lipinski definition) is 2. The van der Waals surface area contributed by atoms with E-state index in [1.807, 2.05) is 78.7 Å². The van der Waals surface area contributed by atoms with Crippen molar-refractivity contribution in [3.8, 4) is 5.69 Å². The highest BCUT2D eigenvalue weighted by molar-refractivity contribution is 6.11. The molecule has 0 radical (unpaired) electrons. The van der Waals surface area contributed by atoms with Gasteiger partial charge in [0.1, 0.15) is 5.82 Å². The Bertz CT molecular complexity index is 1530. The maximum atomic E-state index is 13.3. The van der Waals surface area contributed by atoms with E-state index in [0.29, 0.717) is 37.8 Å². The van der Waals surface area contributed by atoms with E-state index >= 15 is 0 Å². The summed E-state index contributed by atoms with van der Waals surface area (Å²) in [7, 11) is 0. The second-order valence-electron chi connectivity index (χ2n) is 11.1. The highest BCUT2D eigenvalue weighted by Crippen LogP contribution is 2.34. The van der Waals surface area contributed by atoms with E-state index in [9.17, 15) is 9.59 Å². The van der Waals surface area contributed by atoms with Crippen LogP contribution in [0.2, 0.25) is 0 Å². The van der Waals surface area contributed by atoms with E-state index in [4.69, 9.17) is 9.84 Å². The zero-order valence-electron chi connectivity index (χ0n) is 23.7. The molecule has 0 aliphatic carbocycles. The summed E-state index contributed by atoms with van der Waals surface area (Å²) in [6.45, 7) is 12.3. The van der Waals surface area contributed by atoms with E-state index in [-0.39, 0.29) is 17.4 Å². The number of benzene rings is 3. The maximum Gasteiger partial charge on any atom is 0.324 e. The van der Waals surface area contributed by atoms with Gasteiger partial charge in [0.15, 0.2) is 0 Å². The molecule has 3 amide bonds. The SMILES string of the molecule is CC(=O)N(c1ccc(NC(=O)Nc2cc(C(C)(C)C)nn2-c2ccc(C)cc2)c2ccccc12)N1CCOCC1. The number of ether oxygens (including phenoxy) is 1. The Morgan fingerprint density at radius 1 is 0.925 bits per heavy atom. The fraction of sp³-hybridized carbons (Fsp3) is 0.323. The lowest BCUT2D eigenvalue weighted by atomic mass is 9.92. The maximum absolute atomic E-state index is 13.3. The first-order chi connectivity index (χ1) is 19.1.